The van der Waals surface area contributed by atoms with Crippen molar-refractivity contribution in [2.24, 2.45) is 5.92 Å². The van der Waals surface area contributed by atoms with Crippen molar-refractivity contribution in [2.75, 3.05) is 13.1 Å². The molecule has 0 bridgehead atoms. The van der Waals surface area contributed by atoms with E-state index in [1.807, 2.05) is 11.0 Å². The Balaban J connectivity index is 1.82. The summed E-state index contributed by atoms with van der Waals surface area (Å²) in [7, 11) is 0. The number of carbonyl (C=O) groups is 2. The Bertz CT molecular complexity index is 577. The third-order valence-corrected chi connectivity index (χ3v) is 4.99. The van der Waals surface area contributed by atoms with Crippen molar-refractivity contribution in [3.63, 3.8) is 0 Å². The lowest BCUT2D eigenvalue weighted by Gasteiger charge is -2.32. The van der Waals surface area contributed by atoms with Crippen LogP contribution in [0.5, 0.6) is 0 Å². The summed E-state index contributed by atoms with van der Waals surface area (Å²) in [5.74, 6) is -0.349. The number of likely N-dealkylation sites (tertiary alicyclic amines) is 1. The van der Waals surface area contributed by atoms with Crippen molar-refractivity contribution >= 4 is 35.1 Å². The van der Waals surface area contributed by atoms with Crippen LogP contribution in [-0.2, 0) is 16.0 Å². The number of amides is 1. The molecule has 0 radical (unpaired) electrons. The van der Waals surface area contributed by atoms with Crippen LogP contribution in [0.15, 0.2) is 18.2 Å². The van der Waals surface area contributed by atoms with Gasteiger partial charge in [-0.2, -0.15) is 0 Å². The lowest BCUT2D eigenvalue weighted by atomic mass is 9.93. The van der Waals surface area contributed by atoms with Crippen LogP contribution in [0.25, 0.3) is 0 Å². The maximum absolute atomic E-state index is 12.4. The quantitative estimate of drug-likeness (QED) is 0.835. The maximum atomic E-state index is 12.4. The van der Waals surface area contributed by atoms with E-state index in [0.29, 0.717) is 41.8 Å². The first kappa shape index (κ1) is 18.1. The molecule has 1 heterocycles. The minimum atomic E-state index is -0.770. The second kappa shape index (κ2) is 8.55. The van der Waals surface area contributed by atoms with Gasteiger partial charge in [-0.25, -0.2) is 0 Å². The smallest absolute Gasteiger partial charge is 0.303 e. The Labute approximate surface area is 146 Å². The number of benzene rings is 1. The summed E-state index contributed by atoms with van der Waals surface area (Å²) >= 11 is 11.9. The Morgan fingerprint density at radius 1 is 1.22 bits per heavy atom. The maximum Gasteiger partial charge on any atom is 0.303 e. The van der Waals surface area contributed by atoms with Gasteiger partial charge in [-0.1, -0.05) is 29.3 Å². The van der Waals surface area contributed by atoms with Crippen molar-refractivity contribution in [1.82, 2.24) is 4.90 Å². The molecule has 1 atom stereocenters. The molecule has 1 unspecified atom stereocenters. The van der Waals surface area contributed by atoms with Gasteiger partial charge in [0.15, 0.2) is 0 Å². The van der Waals surface area contributed by atoms with Crippen molar-refractivity contribution in [3.05, 3.63) is 33.8 Å². The van der Waals surface area contributed by atoms with Crippen LogP contribution in [0.2, 0.25) is 10.0 Å². The molecule has 1 saturated heterocycles. The first-order valence-corrected chi connectivity index (χ1v) is 8.65. The van der Waals surface area contributed by atoms with Gasteiger partial charge in [-0.3, -0.25) is 9.59 Å². The van der Waals surface area contributed by atoms with E-state index in [9.17, 15) is 9.59 Å². The van der Waals surface area contributed by atoms with Gasteiger partial charge in [0.2, 0.25) is 5.91 Å². The average Bonchev–Trinajstić information content (AvgIpc) is 2.54. The summed E-state index contributed by atoms with van der Waals surface area (Å²) in [6, 6.07) is 5.42. The Morgan fingerprint density at radius 3 is 2.70 bits per heavy atom. The molecular weight excluding hydrogens is 337 g/mol. The fraction of sp³-hybridized carbons (Fsp3) is 0.529. The summed E-state index contributed by atoms with van der Waals surface area (Å²) in [6.45, 7) is 1.44. The van der Waals surface area contributed by atoms with Gasteiger partial charge in [0.05, 0.1) is 10.0 Å². The van der Waals surface area contributed by atoms with Gasteiger partial charge in [-0.05, 0) is 49.3 Å². The van der Waals surface area contributed by atoms with Gasteiger partial charge in [0.25, 0.3) is 0 Å². The van der Waals surface area contributed by atoms with E-state index in [0.717, 1.165) is 24.9 Å². The van der Waals surface area contributed by atoms with Crippen molar-refractivity contribution < 1.29 is 14.7 Å². The van der Waals surface area contributed by atoms with Crippen LogP contribution >= 0.6 is 23.2 Å². The van der Waals surface area contributed by atoms with E-state index in [2.05, 4.69) is 0 Å². The minimum absolute atomic E-state index is 0.121. The molecule has 4 nitrogen and oxygen atoms in total. The Kier molecular flexibility index (Phi) is 6.72. The molecule has 1 amide bonds. The van der Waals surface area contributed by atoms with Crippen LogP contribution in [0.1, 0.15) is 37.7 Å². The second-order valence-electron chi connectivity index (χ2n) is 6.03. The molecule has 2 rings (SSSR count). The number of aryl methyl sites for hydroxylation is 1. The number of aliphatic carboxylic acids is 1. The van der Waals surface area contributed by atoms with Crippen molar-refractivity contribution in [3.8, 4) is 0 Å². The fourth-order valence-electron chi connectivity index (χ4n) is 2.96. The van der Waals surface area contributed by atoms with E-state index >= 15 is 0 Å². The van der Waals surface area contributed by atoms with Crippen LogP contribution < -0.4 is 0 Å². The number of rotatable bonds is 6. The Morgan fingerprint density at radius 2 is 2.00 bits per heavy atom. The van der Waals surface area contributed by atoms with Gasteiger partial charge in [0.1, 0.15) is 0 Å². The van der Waals surface area contributed by atoms with Gasteiger partial charge in [-0.15, -0.1) is 0 Å². The Hall–Kier alpha value is -1.26. The zero-order valence-corrected chi connectivity index (χ0v) is 14.4. The van der Waals surface area contributed by atoms with Crippen LogP contribution in [-0.4, -0.2) is 35.0 Å². The van der Waals surface area contributed by atoms with Gasteiger partial charge in [0, 0.05) is 25.9 Å². The summed E-state index contributed by atoms with van der Waals surface area (Å²) in [5.41, 5.74) is 0.993. The number of carbonyl (C=O) groups excluding carboxylic acids is 1. The number of hydrogen-bond donors (Lipinski definition) is 1. The number of hydrogen-bond acceptors (Lipinski definition) is 2. The molecule has 1 aliphatic rings. The van der Waals surface area contributed by atoms with Crippen LogP contribution in [0.4, 0.5) is 0 Å². The predicted molar refractivity (Wildman–Crippen MR) is 91.0 cm³/mol. The molecule has 1 N–H and O–H groups in total. The van der Waals surface area contributed by atoms with E-state index in [4.69, 9.17) is 28.3 Å². The largest absolute Gasteiger partial charge is 0.481 e. The molecule has 126 valence electrons. The molecule has 1 aromatic carbocycles. The second-order valence-corrected chi connectivity index (χ2v) is 6.84. The van der Waals surface area contributed by atoms with Crippen molar-refractivity contribution in [1.29, 1.82) is 0 Å². The lowest BCUT2D eigenvalue weighted by molar-refractivity contribution is -0.137. The summed E-state index contributed by atoms with van der Waals surface area (Å²) in [6.07, 6.45) is 3.84. The van der Waals surface area contributed by atoms with E-state index in [1.54, 1.807) is 12.1 Å². The van der Waals surface area contributed by atoms with E-state index in [-0.39, 0.29) is 12.3 Å². The zero-order valence-electron chi connectivity index (χ0n) is 12.9. The highest BCUT2D eigenvalue weighted by molar-refractivity contribution is 6.42. The van der Waals surface area contributed by atoms with Gasteiger partial charge >= 0.3 is 5.97 Å². The number of carboxylic acids is 1. The van der Waals surface area contributed by atoms with Crippen LogP contribution in [0.3, 0.4) is 0 Å². The number of piperidine rings is 1. The fourth-order valence-corrected chi connectivity index (χ4v) is 3.28. The first-order chi connectivity index (χ1) is 11.0. The number of carboxylic acid groups (broad SMARTS) is 1. The molecule has 0 aliphatic carbocycles. The topological polar surface area (TPSA) is 57.6 Å². The van der Waals surface area contributed by atoms with E-state index in [1.165, 1.54) is 0 Å². The molecule has 6 heteroatoms. The lowest BCUT2D eigenvalue weighted by Crippen LogP contribution is -2.40. The third-order valence-electron chi connectivity index (χ3n) is 4.25. The molecule has 1 fully saturated rings. The third kappa shape index (κ3) is 5.70. The van der Waals surface area contributed by atoms with Crippen LogP contribution in [0, 0.1) is 5.92 Å². The van der Waals surface area contributed by atoms with Gasteiger partial charge < -0.3 is 10.0 Å². The molecule has 1 aliphatic heterocycles. The molecule has 0 aromatic heterocycles. The minimum Gasteiger partial charge on any atom is -0.481 e. The predicted octanol–water partition coefficient (Wildman–Crippen LogP) is 4.03. The zero-order chi connectivity index (χ0) is 16.8. The molecule has 23 heavy (non-hydrogen) atoms. The first-order valence-electron chi connectivity index (χ1n) is 7.89. The summed E-state index contributed by atoms with van der Waals surface area (Å²) in [4.78, 5) is 24.9. The molecule has 0 spiro atoms. The SMILES string of the molecule is O=C(O)CCC1CCCN(C(=O)CCc2ccc(Cl)c(Cl)c2)C1. The summed E-state index contributed by atoms with van der Waals surface area (Å²) < 4.78 is 0. The molecular formula is C17H21Cl2NO3. The molecule has 0 saturated carbocycles. The highest BCUT2D eigenvalue weighted by Gasteiger charge is 2.23. The average molecular weight is 358 g/mol. The highest BCUT2D eigenvalue weighted by atomic mass is 35.5. The number of nitrogens with zero attached hydrogens (tertiary/aromatic N) is 1. The van der Waals surface area contributed by atoms with E-state index < -0.39 is 5.97 Å². The molecule has 1 aromatic rings. The standard InChI is InChI=1S/C17H21Cl2NO3/c18-14-6-3-12(10-15(14)19)4-7-16(21)20-9-1-2-13(11-20)5-8-17(22)23/h3,6,10,13H,1-2,4-5,7-9,11H2,(H,22,23). The summed E-state index contributed by atoms with van der Waals surface area (Å²) in [5, 5.41) is 9.79. The highest BCUT2D eigenvalue weighted by Crippen LogP contribution is 2.24. The normalized spacial score (nSPS) is 18.0. The number of halogens is 2. The van der Waals surface area contributed by atoms with Crippen molar-refractivity contribution in [2.45, 2.75) is 38.5 Å². The monoisotopic (exact) mass is 357 g/mol.